The Hall–Kier alpha value is -1.04. The highest BCUT2D eigenvalue weighted by Crippen LogP contribution is 2.07. The Morgan fingerprint density at radius 1 is 1.64 bits per heavy atom. The van der Waals surface area contributed by atoms with E-state index in [-0.39, 0.29) is 0 Å². The molecular formula is C8H13NO2. The first kappa shape index (κ1) is 9.96. The molecular weight excluding hydrogens is 142 g/mol. The number of nitriles is 1. The van der Waals surface area contributed by atoms with Crippen LogP contribution in [0.2, 0.25) is 0 Å². The van der Waals surface area contributed by atoms with Crippen LogP contribution in [0.4, 0.5) is 0 Å². The van der Waals surface area contributed by atoms with Gasteiger partial charge in [-0.1, -0.05) is 13.8 Å². The van der Waals surface area contributed by atoms with Gasteiger partial charge in [-0.05, 0) is 5.92 Å². The van der Waals surface area contributed by atoms with E-state index in [1.807, 2.05) is 19.9 Å². The van der Waals surface area contributed by atoms with Gasteiger partial charge in [-0.2, -0.15) is 5.26 Å². The second-order valence-corrected chi connectivity index (χ2v) is 2.86. The fourth-order valence-electron chi connectivity index (χ4n) is 0.756. The zero-order chi connectivity index (χ0) is 8.85. The van der Waals surface area contributed by atoms with Crippen LogP contribution in [0.5, 0.6) is 0 Å². The second-order valence-electron chi connectivity index (χ2n) is 2.86. The van der Waals surface area contributed by atoms with Crippen LogP contribution >= 0.6 is 0 Å². The number of hydrogen-bond donors (Lipinski definition) is 0. The van der Waals surface area contributed by atoms with Crippen molar-refractivity contribution in [1.29, 1.82) is 5.26 Å². The molecule has 11 heavy (non-hydrogen) atoms. The topological polar surface area (TPSA) is 50.1 Å². The van der Waals surface area contributed by atoms with E-state index in [0.29, 0.717) is 12.3 Å². The molecule has 62 valence electrons. The van der Waals surface area contributed by atoms with Gasteiger partial charge in [-0.3, -0.25) is 4.79 Å². The minimum absolute atomic E-state index is 0.374. The normalized spacial score (nSPS) is 12.3. The van der Waals surface area contributed by atoms with E-state index in [4.69, 9.17) is 10.00 Å². The molecule has 0 radical (unpaired) electrons. The Bertz CT molecular complexity index is 169. The summed E-state index contributed by atoms with van der Waals surface area (Å²) >= 11 is 0. The molecule has 0 aliphatic carbocycles. The number of esters is 1. The van der Waals surface area contributed by atoms with Crippen molar-refractivity contribution in [3.8, 4) is 6.07 Å². The van der Waals surface area contributed by atoms with Crippen LogP contribution in [-0.4, -0.2) is 12.1 Å². The number of carbonyl (C=O) groups is 1. The molecule has 0 aliphatic heterocycles. The van der Waals surface area contributed by atoms with Crippen LogP contribution in [-0.2, 0) is 9.53 Å². The van der Waals surface area contributed by atoms with Gasteiger partial charge in [-0.25, -0.2) is 0 Å². The maximum atomic E-state index is 10.4. The minimum Gasteiger partial charge on any atom is -0.447 e. The standard InChI is InChI=1S/C8H13NO2/c1-6(2)4-8(5-9)11-7(3)10/h6,8H,4H2,1-3H3/t8-/m1/s1. The van der Waals surface area contributed by atoms with Crippen molar-refractivity contribution < 1.29 is 9.53 Å². The number of rotatable bonds is 3. The van der Waals surface area contributed by atoms with Gasteiger partial charge in [0, 0.05) is 13.3 Å². The predicted octanol–water partition coefficient (Wildman–Crippen LogP) is 1.49. The van der Waals surface area contributed by atoms with Gasteiger partial charge in [0.2, 0.25) is 0 Å². The van der Waals surface area contributed by atoms with Crippen molar-refractivity contribution in [2.75, 3.05) is 0 Å². The zero-order valence-corrected chi connectivity index (χ0v) is 7.13. The maximum absolute atomic E-state index is 10.4. The van der Waals surface area contributed by atoms with E-state index in [9.17, 15) is 4.79 Å². The third-order valence-corrected chi connectivity index (χ3v) is 1.14. The molecule has 0 spiro atoms. The van der Waals surface area contributed by atoms with Crippen LogP contribution in [0.1, 0.15) is 27.2 Å². The lowest BCUT2D eigenvalue weighted by Crippen LogP contribution is -2.16. The van der Waals surface area contributed by atoms with Crippen molar-refractivity contribution in [2.45, 2.75) is 33.3 Å². The summed E-state index contributed by atoms with van der Waals surface area (Å²) in [6.45, 7) is 5.27. The van der Waals surface area contributed by atoms with E-state index in [0.717, 1.165) is 0 Å². The number of carbonyl (C=O) groups excluding carboxylic acids is 1. The number of hydrogen-bond acceptors (Lipinski definition) is 3. The van der Waals surface area contributed by atoms with E-state index in [1.54, 1.807) is 0 Å². The van der Waals surface area contributed by atoms with E-state index < -0.39 is 12.1 Å². The molecule has 0 heterocycles. The van der Waals surface area contributed by atoms with Crippen molar-refractivity contribution >= 4 is 5.97 Å². The van der Waals surface area contributed by atoms with E-state index in [1.165, 1.54) is 6.92 Å². The summed E-state index contributed by atoms with van der Waals surface area (Å²) in [5.74, 6) is -0.0174. The molecule has 0 fully saturated rings. The van der Waals surface area contributed by atoms with Crippen molar-refractivity contribution in [3.05, 3.63) is 0 Å². The van der Waals surface area contributed by atoms with Crippen LogP contribution in [0.3, 0.4) is 0 Å². The molecule has 0 aromatic heterocycles. The predicted molar refractivity (Wildman–Crippen MR) is 40.6 cm³/mol. The molecule has 0 aromatic carbocycles. The maximum Gasteiger partial charge on any atom is 0.303 e. The molecule has 0 amide bonds. The van der Waals surface area contributed by atoms with Crippen molar-refractivity contribution in [2.24, 2.45) is 5.92 Å². The molecule has 0 bridgehead atoms. The minimum atomic E-state index is -0.576. The summed E-state index contributed by atoms with van der Waals surface area (Å²) in [4.78, 5) is 10.4. The molecule has 0 saturated carbocycles. The molecule has 1 atom stereocenters. The van der Waals surface area contributed by atoms with Gasteiger partial charge in [0.1, 0.15) is 6.07 Å². The number of ether oxygens (including phenoxy) is 1. The summed E-state index contributed by atoms with van der Waals surface area (Å²) in [6.07, 6.45) is 0.0308. The molecule has 0 saturated heterocycles. The average Bonchev–Trinajstić information content (AvgIpc) is 1.84. The van der Waals surface area contributed by atoms with Gasteiger partial charge in [0.05, 0.1) is 0 Å². The molecule has 0 N–H and O–H groups in total. The third-order valence-electron chi connectivity index (χ3n) is 1.14. The lowest BCUT2D eigenvalue weighted by atomic mass is 10.1. The van der Waals surface area contributed by atoms with Crippen LogP contribution < -0.4 is 0 Å². The van der Waals surface area contributed by atoms with Gasteiger partial charge >= 0.3 is 5.97 Å². The Balaban J connectivity index is 3.79. The first-order chi connectivity index (χ1) is 5.06. The highest BCUT2D eigenvalue weighted by molar-refractivity contribution is 5.66. The van der Waals surface area contributed by atoms with Crippen LogP contribution in [0, 0.1) is 17.2 Å². The molecule has 0 unspecified atom stereocenters. The summed E-state index contributed by atoms with van der Waals surface area (Å²) < 4.78 is 4.71. The SMILES string of the molecule is CC(=O)O[C@@H](C#N)CC(C)C. The lowest BCUT2D eigenvalue weighted by molar-refractivity contribution is -0.144. The summed E-state index contributed by atoms with van der Waals surface area (Å²) in [5.41, 5.74) is 0. The fourth-order valence-corrected chi connectivity index (χ4v) is 0.756. The molecule has 3 heteroatoms. The van der Waals surface area contributed by atoms with E-state index >= 15 is 0 Å². The number of nitrogens with zero attached hydrogens (tertiary/aromatic N) is 1. The van der Waals surface area contributed by atoms with Gasteiger partial charge in [0.15, 0.2) is 6.10 Å². The van der Waals surface area contributed by atoms with Crippen molar-refractivity contribution in [3.63, 3.8) is 0 Å². The second kappa shape index (κ2) is 4.73. The summed E-state index contributed by atoms with van der Waals surface area (Å²) in [7, 11) is 0. The molecule has 0 aliphatic rings. The van der Waals surface area contributed by atoms with Gasteiger partial charge in [0.25, 0.3) is 0 Å². The Morgan fingerprint density at radius 2 is 2.18 bits per heavy atom. The Morgan fingerprint density at radius 3 is 2.45 bits per heavy atom. The monoisotopic (exact) mass is 155 g/mol. The largest absolute Gasteiger partial charge is 0.447 e. The molecule has 0 aromatic rings. The molecule has 0 rings (SSSR count). The smallest absolute Gasteiger partial charge is 0.303 e. The fraction of sp³-hybridized carbons (Fsp3) is 0.750. The third kappa shape index (κ3) is 5.41. The lowest BCUT2D eigenvalue weighted by Gasteiger charge is -2.10. The molecule has 3 nitrogen and oxygen atoms in total. The summed E-state index contributed by atoms with van der Waals surface area (Å²) in [6, 6.07) is 1.92. The van der Waals surface area contributed by atoms with Crippen molar-refractivity contribution in [1.82, 2.24) is 0 Å². The highest BCUT2D eigenvalue weighted by atomic mass is 16.5. The summed E-state index contributed by atoms with van der Waals surface area (Å²) in [5, 5.41) is 8.50. The van der Waals surface area contributed by atoms with Crippen LogP contribution in [0.25, 0.3) is 0 Å². The Labute approximate surface area is 67.0 Å². The van der Waals surface area contributed by atoms with E-state index in [2.05, 4.69) is 0 Å². The highest BCUT2D eigenvalue weighted by Gasteiger charge is 2.11. The average molecular weight is 155 g/mol. The quantitative estimate of drug-likeness (QED) is 0.580. The van der Waals surface area contributed by atoms with Gasteiger partial charge < -0.3 is 4.74 Å². The Kier molecular flexibility index (Phi) is 4.28. The van der Waals surface area contributed by atoms with Crippen LogP contribution in [0.15, 0.2) is 0 Å². The zero-order valence-electron chi connectivity index (χ0n) is 7.13. The first-order valence-electron chi connectivity index (χ1n) is 3.63. The first-order valence-corrected chi connectivity index (χ1v) is 3.63. The van der Waals surface area contributed by atoms with Gasteiger partial charge in [-0.15, -0.1) is 0 Å².